The zero-order valence-corrected chi connectivity index (χ0v) is 7.86. The topological polar surface area (TPSA) is 90.9 Å². The molecule has 0 aliphatic carbocycles. The maximum atomic E-state index is 10.2. The lowest BCUT2D eigenvalue weighted by molar-refractivity contribution is -0.137. The van der Waals surface area contributed by atoms with Crippen LogP contribution >= 0.6 is 0 Å². The van der Waals surface area contributed by atoms with Crippen molar-refractivity contribution in [2.24, 2.45) is 0 Å². The van der Waals surface area contributed by atoms with Crippen molar-refractivity contribution < 1.29 is 9.90 Å². The van der Waals surface area contributed by atoms with E-state index in [9.17, 15) is 4.79 Å². The van der Waals surface area contributed by atoms with Gasteiger partial charge in [-0.25, -0.2) is 0 Å². The Morgan fingerprint density at radius 1 is 1.50 bits per heavy atom. The number of rotatable bonds is 7. The highest BCUT2D eigenvalue weighted by Gasteiger charge is 1.97. The molecule has 0 aliphatic heterocycles. The molecule has 0 amide bonds. The molecule has 14 heavy (non-hydrogen) atoms. The number of H-pyrrole nitrogens is 1. The van der Waals surface area contributed by atoms with Crippen molar-refractivity contribution in [3.05, 3.63) is 6.20 Å². The van der Waals surface area contributed by atoms with E-state index in [-0.39, 0.29) is 6.42 Å². The minimum Gasteiger partial charge on any atom is -0.481 e. The SMILES string of the molecule is O=C(O)CCCCCNc1c[nH]nn1. The third-order valence-electron chi connectivity index (χ3n) is 1.79. The second kappa shape index (κ2) is 5.95. The van der Waals surface area contributed by atoms with Crippen LogP contribution in [0.25, 0.3) is 0 Å². The molecule has 0 unspecified atom stereocenters. The standard InChI is InChI=1S/C8H14N4O2/c13-8(14)4-2-1-3-5-9-7-6-10-12-11-7/h6H,1-5H2,(H,13,14)(H2,9,10,11,12). The first-order chi connectivity index (χ1) is 6.79. The second-order valence-electron chi connectivity index (χ2n) is 2.99. The van der Waals surface area contributed by atoms with Crippen LogP contribution in [-0.2, 0) is 4.79 Å². The van der Waals surface area contributed by atoms with Gasteiger partial charge in [0.1, 0.15) is 0 Å². The summed E-state index contributed by atoms with van der Waals surface area (Å²) >= 11 is 0. The minimum absolute atomic E-state index is 0.254. The monoisotopic (exact) mass is 198 g/mol. The molecule has 78 valence electrons. The van der Waals surface area contributed by atoms with E-state index in [2.05, 4.69) is 20.7 Å². The molecule has 0 saturated heterocycles. The van der Waals surface area contributed by atoms with Crippen LogP contribution in [0.1, 0.15) is 25.7 Å². The quantitative estimate of drug-likeness (QED) is 0.565. The van der Waals surface area contributed by atoms with Crippen LogP contribution in [0.2, 0.25) is 0 Å². The van der Waals surface area contributed by atoms with E-state index < -0.39 is 5.97 Å². The predicted molar refractivity (Wildman–Crippen MR) is 51.0 cm³/mol. The zero-order valence-electron chi connectivity index (χ0n) is 7.86. The van der Waals surface area contributed by atoms with Crippen LogP contribution in [-0.4, -0.2) is 33.0 Å². The fourth-order valence-electron chi connectivity index (χ4n) is 1.08. The maximum Gasteiger partial charge on any atom is 0.303 e. The number of nitrogens with zero attached hydrogens (tertiary/aromatic N) is 2. The Balaban J connectivity index is 1.92. The van der Waals surface area contributed by atoms with Crippen LogP contribution in [0, 0.1) is 0 Å². The highest BCUT2D eigenvalue weighted by Crippen LogP contribution is 2.01. The fourth-order valence-corrected chi connectivity index (χ4v) is 1.08. The number of carbonyl (C=O) groups is 1. The molecule has 1 aromatic rings. The number of aliphatic carboxylic acids is 1. The number of anilines is 1. The van der Waals surface area contributed by atoms with E-state index in [1.165, 1.54) is 0 Å². The number of unbranched alkanes of at least 4 members (excludes halogenated alkanes) is 2. The second-order valence-corrected chi connectivity index (χ2v) is 2.99. The summed E-state index contributed by atoms with van der Waals surface area (Å²) in [4.78, 5) is 10.2. The van der Waals surface area contributed by atoms with E-state index in [4.69, 9.17) is 5.11 Å². The lowest BCUT2D eigenvalue weighted by Gasteiger charge is -2.00. The molecule has 1 heterocycles. The summed E-state index contributed by atoms with van der Waals surface area (Å²) < 4.78 is 0. The van der Waals surface area contributed by atoms with E-state index in [0.29, 0.717) is 0 Å². The van der Waals surface area contributed by atoms with Crippen molar-refractivity contribution in [3.8, 4) is 0 Å². The van der Waals surface area contributed by atoms with Crippen molar-refractivity contribution >= 4 is 11.8 Å². The first-order valence-electron chi connectivity index (χ1n) is 4.61. The Hall–Kier alpha value is -1.59. The summed E-state index contributed by atoms with van der Waals surface area (Å²) in [6, 6.07) is 0. The molecule has 0 saturated carbocycles. The van der Waals surface area contributed by atoms with Gasteiger partial charge in [-0.2, -0.15) is 0 Å². The molecule has 0 radical (unpaired) electrons. The van der Waals surface area contributed by atoms with E-state index in [1.807, 2.05) is 0 Å². The van der Waals surface area contributed by atoms with Gasteiger partial charge >= 0.3 is 5.97 Å². The molecule has 6 nitrogen and oxygen atoms in total. The Morgan fingerprint density at radius 2 is 2.36 bits per heavy atom. The van der Waals surface area contributed by atoms with Crippen LogP contribution in [0.4, 0.5) is 5.82 Å². The van der Waals surface area contributed by atoms with E-state index >= 15 is 0 Å². The van der Waals surface area contributed by atoms with Crippen molar-refractivity contribution in [2.45, 2.75) is 25.7 Å². The predicted octanol–water partition coefficient (Wildman–Crippen LogP) is 0.862. The smallest absolute Gasteiger partial charge is 0.303 e. The summed E-state index contributed by atoms with van der Waals surface area (Å²) in [5.41, 5.74) is 0. The summed E-state index contributed by atoms with van der Waals surface area (Å²) in [5.74, 6) is -0.00213. The van der Waals surface area contributed by atoms with Crippen LogP contribution < -0.4 is 5.32 Å². The van der Waals surface area contributed by atoms with Gasteiger partial charge < -0.3 is 10.4 Å². The summed E-state index contributed by atoms with van der Waals surface area (Å²) in [6.07, 6.45) is 4.52. The van der Waals surface area contributed by atoms with Gasteiger partial charge in [-0.15, -0.1) is 5.10 Å². The van der Waals surface area contributed by atoms with Gasteiger partial charge in [0.05, 0.1) is 6.20 Å². The van der Waals surface area contributed by atoms with Gasteiger partial charge in [-0.1, -0.05) is 11.6 Å². The zero-order chi connectivity index (χ0) is 10.2. The Bertz CT molecular complexity index is 260. The first kappa shape index (κ1) is 10.5. The largest absolute Gasteiger partial charge is 0.481 e. The molecule has 1 rings (SSSR count). The number of aromatic nitrogens is 3. The summed E-state index contributed by atoms with van der Waals surface area (Å²) in [5, 5.41) is 21.3. The molecule has 0 atom stereocenters. The van der Waals surface area contributed by atoms with Crippen LogP contribution in [0.15, 0.2) is 6.20 Å². The van der Waals surface area contributed by atoms with E-state index in [0.717, 1.165) is 31.6 Å². The Labute approximate surface area is 81.7 Å². The van der Waals surface area contributed by atoms with Crippen molar-refractivity contribution in [1.29, 1.82) is 0 Å². The van der Waals surface area contributed by atoms with Gasteiger partial charge in [-0.3, -0.25) is 9.89 Å². The molecule has 0 aromatic carbocycles. The highest BCUT2D eigenvalue weighted by atomic mass is 16.4. The number of nitrogens with one attached hydrogen (secondary N) is 2. The molecular weight excluding hydrogens is 184 g/mol. The summed E-state index contributed by atoms with van der Waals surface area (Å²) in [6.45, 7) is 0.798. The lowest BCUT2D eigenvalue weighted by Crippen LogP contribution is -2.02. The molecule has 0 aliphatic rings. The number of carboxylic acids is 1. The highest BCUT2D eigenvalue weighted by molar-refractivity contribution is 5.66. The normalized spacial score (nSPS) is 10.0. The molecule has 0 bridgehead atoms. The number of hydrogen-bond donors (Lipinski definition) is 3. The van der Waals surface area contributed by atoms with Gasteiger partial charge in [0.2, 0.25) is 0 Å². The number of carboxylic acid groups (broad SMARTS) is 1. The maximum absolute atomic E-state index is 10.2. The van der Waals surface area contributed by atoms with Crippen molar-refractivity contribution in [1.82, 2.24) is 15.4 Å². The summed E-state index contributed by atoms with van der Waals surface area (Å²) in [7, 11) is 0. The average Bonchev–Trinajstić information content (AvgIpc) is 2.63. The molecule has 0 spiro atoms. The van der Waals surface area contributed by atoms with Gasteiger partial charge in [0, 0.05) is 13.0 Å². The molecule has 6 heteroatoms. The Morgan fingerprint density at radius 3 is 3.00 bits per heavy atom. The third kappa shape index (κ3) is 4.44. The third-order valence-corrected chi connectivity index (χ3v) is 1.79. The van der Waals surface area contributed by atoms with Gasteiger partial charge in [0.15, 0.2) is 5.82 Å². The Kier molecular flexibility index (Phi) is 4.46. The molecule has 3 N–H and O–H groups in total. The van der Waals surface area contributed by atoms with Crippen molar-refractivity contribution in [2.75, 3.05) is 11.9 Å². The average molecular weight is 198 g/mol. The van der Waals surface area contributed by atoms with Crippen LogP contribution in [0.5, 0.6) is 0 Å². The fraction of sp³-hybridized carbons (Fsp3) is 0.625. The number of aromatic amines is 1. The van der Waals surface area contributed by atoms with Gasteiger partial charge in [-0.05, 0) is 12.8 Å². The molecule has 0 fully saturated rings. The molecular formula is C8H14N4O2. The van der Waals surface area contributed by atoms with E-state index in [1.54, 1.807) is 6.20 Å². The minimum atomic E-state index is -0.727. The molecule has 1 aromatic heterocycles. The number of hydrogen-bond acceptors (Lipinski definition) is 4. The first-order valence-corrected chi connectivity index (χ1v) is 4.61. The van der Waals surface area contributed by atoms with Crippen LogP contribution in [0.3, 0.4) is 0 Å². The van der Waals surface area contributed by atoms with Crippen molar-refractivity contribution in [3.63, 3.8) is 0 Å². The van der Waals surface area contributed by atoms with Gasteiger partial charge in [0.25, 0.3) is 0 Å². The lowest BCUT2D eigenvalue weighted by atomic mass is 10.2.